The summed E-state index contributed by atoms with van der Waals surface area (Å²) in [6.07, 6.45) is 5.51. The maximum atomic E-state index is 13.0. The molecule has 1 atom stereocenters. The maximum absolute atomic E-state index is 13.0. The fourth-order valence-corrected chi connectivity index (χ4v) is 3.45. The molecule has 3 rings (SSSR count). The lowest BCUT2D eigenvalue weighted by atomic mass is 10.1. The molecule has 1 amide bonds. The number of amides is 1. The van der Waals surface area contributed by atoms with Crippen LogP contribution in [0.15, 0.2) is 35.4 Å². The average molecular weight is 388 g/mol. The Bertz CT molecular complexity index is 1040. The first-order valence-electron chi connectivity index (χ1n) is 8.99. The number of halogens is 1. The number of unbranched alkanes of at least 4 members (excludes halogenated alkanes) is 1. The molecule has 0 aliphatic rings. The molecule has 0 bridgehead atoms. The van der Waals surface area contributed by atoms with E-state index >= 15 is 0 Å². The minimum Gasteiger partial charge on any atom is -0.368 e. The smallest absolute Gasteiger partial charge is 0.331 e. The van der Waals surface area contributed by atoms with E-state index in [0.717, 1.165) is 24.0 Å². The number of hydrogen-bond donors (Lipinski definition) is 1. The molecule has 0 fully saturated rings. The molecule has 8 heteroatoms. The number of imidazole rings is 1. The molecule has 0 saturated heterocycles. The normalized spacial score (nSPS) is 12.4. The second kappa shape index (κ2) is 7.92. The van der Waals surface area contributed by atoms with Gasteiger partial charge in [-0.05, 0) is 37.1 Å². The summed E-state index contributed by atoms with van der Waals surface area (Å²) in [5, 5.41) is 0.381. The highest BCUT2D eigenvalue weighted by atomic mass is 35.5. The Morgan fingerprint density at radius 1 is 1.26 bits per heavy atom. The number of nitrogens with zero attached hydrogens (tertiary/aromatic N) is 4. The van der Waals surface area contributed by atoms with Gasteiger partial charge in [0.15, 0.2) is 5.65 Å². The van der Waals surface area contributed by atoms with E-state index in [2.05, 4.69) is 9.97 Å². The number of fused-ring (bicyclic) bond motifs is 1. The van der Waals surface area contributed by atoms with Gasteiger partial charge in [-0.1, -0.05) is 31.4 Å². The van der Waals surface area contributed by atoms with Gasteiger partial charge in [0.05, 0.1) is 5.52 Å². The Morgan fingerprint density at radius 3 is 2.67 bits per heavy atom. The fraction of sp³-hybridized carbons (Fsp3) is 0.368. The van der Waals surface area contributed by atoms with Gasteiger partial charge in [-0.15, -0.1) is 0 Å². The number of nitrogens with two attached hydrogens (primary N) is 1. The van der Waals surface area contributed by atoms with Crippen LogP contribution in [-0.2, 0) is 11.3 Å². The summed E-state index contributed by atoms with van der Waals surface area (Å²) in [7, 11) is 0. The number of aryl methyl sites for hydroxylation is 1. The van der Waals surface area contributed by atoms with Crippen LogP contribution in [0.1, 0.15) is 39.2 Å². The van der Waals surface area contributed by atoms with Gasteiger partial charge in [0, 0.05) is 24.5 Å². The van der Waals surface area contributed by atoms with E-state index in [1.54, 1.807) is 23.0 Å². The SMILES string of the molecule is CCCCC(C(N)=O)n1c(=O)n(CC)c2cc(-c3ccnc(Cl)c3)cnc21. The van der Waals surface area contributed by atoms with Crippen molar-refractivity contribution in [3.05, 3.63) is 46.2 Å². The third-order valence-corrected chi connectivity index (χ3v) is 4.86. The molecular weight excluding hydrogens is 366 g/mol. The van der Waals surface area contributed by atoms with E-state index in [0.29, 0.717) is 29.3 Å². The molecule has 27 heavy (non-hydrogen) atoms. The summed E-state index contributed by atoms with van der Waals surface area (Å²) in [6.45, 7) is 4.37. The summed E-state index contributed by atoms with van der Waals surface area (Å²) in [5.74, 6) is -0.521. The van der Waals surface area contributed by atoms with Crippen LogP contribution in [0.3, 0.4) is 0 Å². The van der Waals surface area contributed by atoms with E-state index in [4.69, 9.17) is 17.3 Å². The van der Waals surface area contributed by atoms with Crippen molar-refractivity contribution in [3.63, 3.8) is 0 Å². The van der Waals surface area contributed by atoms with Crippen molar-refractivity contribution < 1.29 is 4.79 Å². The van der Waals surface area contributed by atoms with Crippen molar-refractivity contribution in [1.82, 2.24) is 19.1 Å². The Kier molecular flexibility index (Phi) is 5.60. The summed E-state index contributed by atoms with van der Waals surface area (Å²) >= 11 is 5.98. The van der Waals surface area contributed by atoms with Crippen molar-refractivity contribution >= 4 is 28.7 Å². The van der Waals surface area contributed by atoms with Crippen LogP contribution in [-0.4, -0.2) is 25.0 Å². The predicted octanol–water partition coefficient (Wildman–Crippen LogP) is 3.15. The minimum atomic E-state index is -0.707. The summed E-state index contributed by atoms with van der Waals surface area (Å²) in [5.41, 5.74) is 8.12. The van der Waals surface area contributed by atoms with E-state index in [1.165, 1.54) is 4.57 Å². The first kappa shape index (κ1) is 19.1. The standard InChI is InChI=1S/C19H22ClN5O2/c1-3-5-6-14(17(21)26)25-18-15(24(4-2)19(25)27)9-13(11-23-18)12-7-8-22-16(20)10-12/h7-11,14H,3-6H2,1-2H3,(H2,21,26). The molecule has 1 unspecified atom stereocenters. The Balaban J connectivity index is 2.21. The number of carbonyl (C=O) groups excluding carboxylic acids is 1. The molecule has 0 spiro atoms. The largest absolute Gasteiger partial charge is 0.368 e. The monoisotopic (exact) mass is 387 g/mol. The van der Waals surface area contributed by atoms with E-state index in [1.807, 2.05) is 26.0 Å². The van der Waals surface area contributed by atoms with Crippen LogP contribution >= 0.6 is 11.6 Å². The van der Waals surface area contributed by atoms with Crippen molar-refractivity contribution in [3.8, 4) is 11.1 Å². The first-order valence-corrected chi connectivity index (χ1v) is 9.37. The van der Waals surface area contributed by atoms with Gasteiger partial charge in [-0.25, -0.2) is 14.8 Å². The number of carbonyl (C=O) groups is 1. The Labute approximate surface area is 161 Å². The molecule has 0 aliphatic carbocycles. The van der Waals surface area contributed by atoms with Crippen LogP contribution in [0.2, 0.25) is 5.15 Å². The van der Waals surface area contributed by atoms with Gasteiger partial charge in [0.1, 0.15) is 11.2 Å². The molecule has 3 heterocycles. The quantitative estimate of drug-likeness (QED) is 0.630. The lowest BCUT2D eigenvalue weighted by Gasteiger charge is -2.14. The van der Waals surface area contributed by atoms with Crippen LogP contribution < -0.4 is 11.4 Å². The van der Waals surface area contributed by atoms with Gasteiger partial charge in [0.25, 0.3) is 0 Å². The van der Waals surface area contributed by atoms with Gasteiger partial charge in [-0.3, -0.25) is 13.9 Å². The van der Waals surface area contributed by atoms with Crippen molar-refractivity contribution in [1.29, 1.82) is 0 Å². The van der Waals surface area contributed by atoms with Gasteiger partial charge >= 0.3 is 5.69 Å². The lowest BCUT2D eigenvalue weighted by Crippen LogP contribution is -2.34. The predicted molar refractivity (Wildman–Crippen MR) is 106 cm³/mol. The third kappa shape index (κ3) is 3.60. The number of hydrogen-bond acceptors (Lipinski definition) is 4. The number of rotatable bonds is 7. The average Bonchev–Trinajstić information content (AvgIpc) is 2.92. The molecule has 0 saturated carbocycles. The Hall–Kier alpha value is -2.67. The highest BCUT2D eigenvalue weighted by Gasteiger charge is 2.25. The number of pyridine rings is 2. The summed E-state index contributed by atoms with van der Waals surface area (Å²) in [6, 6.07) is 4.74. The lowest BCUT2D eigenvalue weighted by molar-refractivity contribution is -0.121. The highest BCUT2D eigenvalue weighted by molar-refractivity contribution is 6.29. The van der Waals surface area contributed by atoms with Gasteiger partial charge in [0.2, 0.25) is 5.91 Å². The fourth-order valence-electron chi connectivity index (χ4n) is 3.28. The van der Waals surface area contributed by atoms with Crippen molar-refractivity contribution in [2.75, 3.05) is 0 Å². The molecule has 142 valence electrons. The second-order valence-corrected chi connectivity index (χ2v) is 6.78. The molecule has 3 aromatic rings. The zero-order chi connectivity index (χ0) is 19.6. The molecule has 7 nitrogen and oxygen atoms in total. The van der Waals surface area contributed by atoms with Crippen molar-refractivity contribution in [2.24, 2.45) is 5.73 Å². The third-order valence-electron chi connectivity index (χ3n) is 4.65. The molecular formula is C19H22ClN5O2. The van der Waals surface area contributed by atoms with Crippen LogP contribution in [0.25, 0.3) is 22.3 Å². The second-order valence-electron chi connectivity index (χ2n) is 6.39. The van der Waals surface area contributed by atoms with Gasteiger partial charge in [-0.2, -0.15) is 0 Å². The topological polar surface area (TPSA) is 95.8 Å². The summed E-state index contributed by atoms with van der Waals surface area (Å²) in [4.78, 5) is 33.5. The van der Waals surface area contributed by atoms with E-state index in [9.17, 15) is 9.59 Å². The van der Waals surface area contributed by atoms with E-state index in [-0.39, 0.29) is 5.69 Å². The van der Waals surface area contributed by atoms with E-state index < -0.39 is 11.9 Å². The highest BCUT2D eigenvalue weighted by Crippen LogP contribution is 2.26. The summed E-state index contributed by atoms with van der Waals surface area (Å²) < 4.78 is 3.04. The molecule has 0 aliphatic heterocycles. The first-order chi connectivity index (χ1) is 13.0. The van der Waals surface area contributed by atoms with Crippen LogP contribution in [0.5, 0.6) is 0 Å². The van der Waals surface area contributed by atoms with Gasteiger partial charge < -0.3 is 5.73 Å². The number of aromatic nitrogens is 4. The van der Waals surface area contributed by atoms with Crippen molar-refractivity contribution in [2.45, 2.75) is 45.7 Å². The maximum Gasteiger partial charge on any atom is 0.331 e. The Morgan fingerprint density at radius 2 is 2.04 bits per heavy atom. The molecule has 0 aromatic carbocycles. The molecule has 2 N–H and O–H groups in total. The van der Waals surface area contributed by atoms with Crippen LogP contribution in [0, 0.1) is 0 Å². The zero-order valence-corrected chi connectivity index (χ0v) is 16.1. The minimum absolute atomic E-state index is 0.273. The zero-order valence-electron chi connectivity index (χ0n) is 15.4. The number of primary amides is 1. The molecule has 3 aromatic heterocycles. The van der Waals surface area contributed by atoms with Crippen LogP contribution in [0.4, 0.5) is 0 Å². The molecule has 0 radical (unpaired) electrons.